The third-order valence-electron chi connectivity index (χ3n) is 6.27. The molecular weight excluding hydrogens is 450 g/mol. The van der Waals surface area contributed by atoms with Crippen LogP contribution in [-0.4, -0.2) is 63.1 Å². The van der Waals surface area contributed by atoms with Crippen molar-refractivity contribution in [2.24, 2.45) is 0 Å². The fourth-order valence-corrected chi connectivity index (χ4v) is 4.61. The Balaban J connectivity index is 1.22. The summed E-state index contributed by atoms with van der Waals surface area (Å²) in [5.41, 5.74) is 2.82. The molecule has 174 valence electrons. The SMILES string of the molecule is Cc1onc(-c2ccccc2Cl)c1C(=O)N1CCN(CCn2ccnc2-c2ccccc2)CC1. The van der Waals surface area contributed by atoms with E-state index >= 15 is 0 Å². The van der Waals surface area contributed by atoms with E-state index in [9.17, 15) is 4.79 Å². The molecule has 2 aromatic carbocycles. The van der Waals surface area contributed by atoms with Gasteiger partial charge in [-0.25, -0.2) is 4.98 Å². The summed E-state index contributed by atoms with van der Waals surface area (Å²) in [5.74, 6) is 1.43. The van der Waals surface area contributed by atoms with E-state index in [1.807, 2.05) is 53.7 Å². The maximum Gasteiger partial charge on any atom is 0.259 e. The number of imidazole rings is 1. The van der Waals surface area contributed by atoms with Crippen LogP contribution in [0.1, 0.15) is 16.1 Å². The van der Waals surface area contributed by atoms with E-state index in [0.29, 0.717) is 40.7 Å². The Labute approximate surface area is 203 Å². The first-order valence-electron chi connectivity index (χ1n) is 11.4. The van der Waals surface area contributed by atoms with Crippen LogP contribution in [0.15, 0.2) is 71.5 Å². The highest BCUT2D eigenvalue weighted by Gasteiger charge is 2.29. The number of rotatable bonds is 6. The van der Waals surface area contributed by atoms with Crippen LogP contribution in [0.4, 0.5) is 0 Å². The second-order valence-corrected chi connectivity index (χ2v) is 8.79. The van der Waals surface area contributed by atoms with Gasteiger partial charge < -0.3 is 14.0 Å². The first-order chi connectivity index (χ1) is 16.6. The van der Waals surface area contributed by atoms with Gasteiger partial charge in [0, 0.05) is 62.8 Å². The Hall–Kier alpha value is -3.42. The normalized spacial score (nSPS) is 14.5. The minimum Gasteiger partial charge on any atom is -0.360 e. The van der Waals surface area contributed by atoms with E-state index in [1.54, 1.807) is 13.0 Å². The Morgan fingerprint density at radius 1 is 1.00 bits per heavy atom. The number of hydrogen-bond donors (Lipinski definition) is 0. The number of benzene rings is 2. The maximum atomic E-state index is 13.4. The van der Waals surface area contributed by atoms with Crippen LogP contribution in [0.5, 0.6) is 0 Å². The van der Waals surface area contributed by atoms with Crippen LogP contribution in [0.2, 0.25) is 5.02 Å². The van der Waals surface area contributed by atoms with Gasteiger partial charge in [0.25, 0.3) is 5.91 Å². The van der Waals surface area contributed by atoms with Crippen LogP contribution in [0, 0.1) is 6.92 Å². The molecule has 4 aromatic rings. The summed E-state index contributed by atoms with van der Waals surface area (Å²) in [5, 5.41) is 4.69. The number of hydrogen-bond acceptors (Lipinski definition) is 5. The van der Waals surface area contributed by atoms with Crippen molar-refractivity contribution in [3.63, 3.8) is 0 Å². The molecule has 0 atom stereocenters. The molecule has 1 aliphatic heterocycles. The summed E-state index contributed by atoms with van der Waals surface area (Å²) in [6.07, 6.45) is 3.86. The Kier molecular flexibility index (Phi) is 6.47. The minimum atomic E-state index is -0.0608. The Morgan fingerprint density at radius 2 is 1.74 bits per heavy atom. The van der Waals surface area contributed by atoms with Crippen molar-refractivity contribution in [3.8, 4) is 22.6 Å². The van der Waals surface area contributed by atoms with Crippen LogP contribution >= 0.6 is 11.6 Å². The zero-order valence-electron chi connectivity index (χ0n) is 19.0. The molecule has 0 unspecified atom stereocenters. The van der Waals surface area contributed by atoms with Crippen LogP contribution in [0.3, 0.4) is 0 Å². The van der Waals surface area contributed by atoms with Gasteiger partial charge in [-0.2, -0.15) is 0 Å². The molecule has 0 saturated carbocycles. The lowest BCUT2D eigenvalue weighted by atomic mass is 10.0. The molecule has 0 radical (unpaired) electrons. The van der Waals surface area contributed by atoms with E-state index < -0.39 is 0 Å². The molecule has 1 saturated heterocycles. The smallest absolute Gasteiger partial charge is 0.259 e. The zero-order valence-corrected chi connectivity index (χ0v) is 19.8. The number of carbonyl (C=O) groups is 1. The van der Waals surface area contributed by atoms with Crippen molar-refractivity contribution in [2.75, 3.05) is 32.7 Å². The van der Waals surface area contributed by atoms with Gasteiger partial charge in [-0.15, -0.1) is 0 Å². The number of halogens is 1. The average molecular weight is 476 g/mol. The van der Waals surface area contributed by atoms with Crippen molar-refractivity contribution >= 4 is 17.5 Å². The molecule has 0 bridgehead atoms. The highest BCUT2D eigenvalue weighted by atomic mass is 35.5. The van der Waals surface area contributed by atoms with Gasteiger partial charge in [-0.3, -0.25) is 9.69 Å². The predicted molar refractivity (Wildman–Crippen MR) is 132 cm³/mol. The van der Waals surface area contributed by atoms with E-state index in [2.05, 4.69) is 31.7 Å². The third kappa shape index (κ3) is 4.49. The van der Waals surface area contributed by atoms with Crippen molar-refractivity contribution in [2.45, 2.75) is 13.5 Å². The van der Waals surface area contributed by atoms with Crippen LogP contribution < -0.4 is 0 Å². The highest BCUT2D eigenvalue weighted by Crippen LogP contribution is 2.32. The van der Waals surface area contributed by atoms with Crippen LogP contribution in [-0.2, 0) is 6.54 Å². The summed E-state index contributed by atoms with van der Waals surface area (Å²) >= 11 is 6.36. The molecule has 0 N–H and O–H groups in total. The van der Waals surface area contributed by atoms with Crippen LogP contribution in [0.25, 0.3) is 22.6 Å². The van der Waals surface area contributed by atoms with Gasteiger partial charge in [0.05, 0.1) is 5.02 Å². The summed E-state index contributed by atoms with van der Waals surface area (Å²) < 4.78 is 7.57. The average Bonchev–Trinajstić information content (AvgIpc) is 3.50. The van der Waals surface area contributed by atoms with Gasteiger partial charge in [0.2, 0.25) is 0 Å². The second kappa shape index (κ2) is 9.83. The molecule has 0 spiro atoms. The number of piperazine rings is 1. The van der Waals surface area contributed by atoms with Crippen molar-refractivity contribution in [3.05, 3.63) is 83.3 Å². The number of aromatic nitrogens is 3. The van der Waals surface area contributed by atoms with Crippen molar-refractivity contribution in [1.29, 1.82) is 0 Å². The summed E-state index contributed by atoms with van der Waals surface area (Å²) in [6.45, 7) is 6.45. The maximum absolute atomic E-state index is 13.4. The number of aryl methyl sites for hydroxylation is 1. The molecule has 3 heterocycles. The lowest BCUT2D eigenvalue weighted by Gasteiger charge is -2.34. The topological polar surface area (TPSA) is 67.4 Å². The molecule has 1 aliphatic rings. The van der Waals surface area contributed by atoms with E-state index in [0.717, 1.165) is 37.6 Å². The molecule has 34 heavy (non-hydrogen) atoms. The molecule has 1 amide bonds. The monoisotopic (exact) mass is 475 g/mol. The van der Waals surface area contributed by atoms with E-state index in [4.69, 9.17) is 16.1 Å². The summed E-state index contributed by atoms with van der Waals surface area (Å²) in [4.78, 5) is 22.2. The fraction of sp³-hybridized carbons (Fsp3) is 0.269. The van der Waals surface area contributed by atoms with E-state index in [1.165, 1.54) is 0 Å². The fourth-order valence-electron chi connectivity index (χ4n) is 4.38. The molecule has 5 rings (SSSR count). The second-order valence-electron chi connectivity index (χ2n) is 8.39. The largest absolute Gasteiger partial charge is 0.360 e. The summed E-state index contributed by atoms with van der Waals surface area (Å²) in [7, 11) is 0. The van der Waals surface area contributed by atoms with Crippen molar-refractivity contribution in [1.82, 2.24) is 24.5 Å². The van der Waals surface area contributed by atoms with Gasteiger partial charge in [0.15, 0.2) is 0 Å². The Morgan fingerprint density at radius 3 is 2.50 bits per heavy atom. The van der Waals surface area contributed by atoms with Gasteiger partial charge in [-0.1, -0.05) is 65.3 Å². The molecule has 8 heteroatoms. The molecule has 1 fully saturated rings. The van der Waals surface area contributed by atoms with Gasteiger partial charge in [0.1, 0.15) is 22.8 Å². The van der Waals surface area contributed by atoms with Crippen molar-refractivity contribution < 1.29 is 9.32 Å². The van der Waals surface area contributed by atoms with Gasteiger partial charge in [-0.05, 0) is 13.0 Å². The lowest BCUT2D eigenvalue weighted by Crippen LogP contribution is -2.49. The molecule has 2 aromatic heterocycles. The number of carbonyl (C=O) groups excluding carboxylic acids is 1. The first-order valence-corrected chi connectivity index (χ1v) is 11.8. The summed E-state index contributed by atoms with van der Waals surface area (Å²) in [6, 6.07) is 17.6. The van der Waals surface area contributed by atoms with E-state index in [-0.39, 0.29) is 5.91 Å². The minimum absolute atomic E-state index is 0.0608. The molecule has 0 aliphatic carbocycles. The lowest BCUT2D eigenvalue weighted by molar-refractivity contribution is 0.0632. The predicted octanol–water partition coefficient (Wildman–Crippen LogP) is 4.62. The quantitative estimate of drug-likeness (QED) is 0.407. The first kappa shape index (κ1) is 22.4. The molecular formula is C26H26ClN5O2. The highest BCUT2D eigenvalue weighted by molar-refractivity contribution is 6.33. The molecule has 7 nitrogen and oxygen atoms in total. The van der Waals surface area contributed by atoms with Gasteiger partial charge >= 0.3 is 0 Å². The zero-order chi connectivity index (χ0) is 23.5. The standard InChI is InChI=1S/C26H26ClN5O2/c1-19-23(24(29-34-19)21-9-5-6-10-22(21)27)26(33)32-17-14-30(15-18-32)13-16-31-12-11-28-25(31)20-7-3-2-4-8-20/h2-12H,13-18H2,1H3. The number of nitrogens with zero attached hydrogens (tertiary/aromatic N) is 5. The Bertz CT molecular complexity index is 1280. The third-order valence-corrected chi connectivity index (χ3v) is 6.60. The number of amides is 1.